The van der Waals surface area contributed by atoms with E-state index in [9.17, 15) is 9.59 Å². The number of likely N-dealkylation sites (tertiary alicyclic amines) is 1. The van der Waals surface area contributed by atoms with Crippen molar-refractivity contribution in [3.8, 4) is 0 Å². The molecule has 0 saturated carbocycles. The molecule has 1 fully saturated rings. The van der Waals surface area contributed by atoms with E-state index in [-0.39, 0.29) is 11.1 Å². The van der Waals surface area contributed by atoms with Crippen molar-refractivity contribution in [1.82, 2.24) is 9.47 Å². The lowest BCUT2D eigenvalue weighted by Gasteiger charge is -2.21. The second-order valence-corrected chi connectivity index (χ2v) is 8.95. The monoisotopic (exact) mass is 432 g/mol. The Morgan fingerprint density at radius 2 is 1.70 bits per heavy atom. The number of aromatic carboxylic acids is 1. The van der Waals surface area contributed by atoms with Crippen LogP contribution in [0.5, 0.6) is 0 Å². The van der Waals surface area contributed by atoms with E-state index in [1.165, 1.54) is 12.8 Å². The molecule has 0 aliphatic carbocycles. The molecule has 1 aliphatic rings. The number of rotatable bonds is 6. The molecule has 0 bridgehead atoms. The van der Waals surface area contributed by atoms with Gasteiger partial charge in [-0.25, -0.2) is 4.79 Å². The molecule has 0 amide bonds. The number of pyridine rings is 1. The minimum Gasteiger partial charge on any atom is -0.478 e. The Balaban J connectivity index is 0.000000735. The number of halogens is 1. The first-order valence-corrected chi connectivity index (χ1v) is 11.0. The fourth-order valence-electron chi connectivity index (χ4n) is 3.40. The summed E-state index contributed by atoms with van der Waals surface area (Å²) in [4.78, 5) is 26.0. The van der Waals surface area contributed by atoms with Gasteiger partial charge in [0.1, 0.15) is 0 Å². The predicted octanol–water partition coefficient (Wildman–Crippen LogP) is 5.01. The van der Waals surface area contributed by atoms with Crippen molar-refractivity contribution >= 4 is 17.6 Å². The van der Waals surface area contributed by atoms with E-state index >= 15 is 0 Å². The molecule has 1 aliphatic heterocycles. The molecular formula is C24H33ClN2O3. The summed E-state index contributed by atoms with van der Waals surface area (Å²) >= 11 is 6.47. The quantitative estimate of drug-likeness (QED) is 0.696. The Morgan fingerprint density at radius 3 is 2.23 bits per heavy atom. The van der Waals surface area contributed by atoms with Crippen molar-refractivity contribution in [2.24, 2.45) is 5.92 Å². The summed E-state index contributed by atoms with van der Waals surface area (Å²) in [5.41, 5.74) is 2.75. The van der Waals surface area contributed by atoms with Gasteiger partial charge in [0.15, 0.2) is 0 Å². The summed E-state index contributed by atoms with van der Waals surface area (Å²) in [7, 11) is 0. The van der Waals surface area contributed by atoms with E-state index in [0.717, 1.165) is 30.3 Å². The van der Waals surface area contributed by atoms with Gasteiger partial charge in [-0.2, -0.15) is 0 Å². The van der Waals surface area contributed by atoms with Crippen LogP contribution >= 0.6 is 11.6 Å². The Bertz CT molecular complexity index is 895. The molecule has 1 saturated heterocycles. The van der Waals surface area contributed by atoms with Crippen LogP contribution in [0.4, 0.5) is 0 Å². The van der Waals surface area contributed by atoms with Crippen molar-refractivity contribution in [3.63, 3.8) is 0 Å². The van der Waals surface area contributed by atoms with Gasteiger partial charge in [0.2, 0.25) is 0 Å². The molecule has 0 spiro atoms. The first kappa shape index (κ1) is 24.2. The van der Waals surface area contributed by atoms with E-state index in [1.54, 1.807) is 41.8 Å². The molecule has 1 N–H and O–H groups in total. The average molecular weight is 433 g/mol. The summed E-state index contributed by atoms with van der Waals surface area (Å²) in [6, 6.07) is 8.54. The molecule has 2 aromatic rings. The average Bonchev–Trinajstić information content (AvgIpc) is 3.19. The zero-order valence-corrected chi connectivity index (χ0v) is 19.2. The molecule has 2 heterocycles. The number of benzene rings is 1. The zero-order chi connectivity index (χ0) is 22.3. The van der Waals surface area contributed by atoms with Gasteiger partial charge in [-0.3, -0.25) is 9.69 Å². The Morgan fingerprint density at radius 1 is 1.13 bits per heavy atom. The second kappa shape index (κ2) is 11.3. The maximum Gasteiger partial charge on any atom is 0.335 e. The van der Waals surface area contributed by atoms with Crippen LogP contribution in [0.1, 0.15) is 60.8 Å². The standard InChI is InChI=1S/C20H23ClN2O3.C4H10/c1-14-12-17(21)18(13-22-9-2-3-10-22)23(19(14)24)11-8-15-4-6-16(7-5-15)20(25)26;1-4(2)3/h4-7,12H,2-3,8-11,13H2,1H3,(H,25,26);4H,1-3H3. The molecule has 6 heteroatoms. The zero-order valence-electron chi connectivity index (χ0n) is 18.4. The van der Waals surface area contributed by atoms with Crippen LogP contribution in [0.3, 0.4) is 0 Å². The minimum absolute atomic E-state index is 0.00856. The fourth-order valence-corrected chi connectivity index (χ4v) is 3.73. The Hall–Kier alpha value is -2.11. The summed E-state index contributed by atoms with van der Waals surface area (Å²) in [6.45, 7) is 11.6. The van der Waals surface area contributed by atoms with Crippen molar-refractivity contribution in [2.45, 2.75) is 60.0 Å². The van der Waals surface area contributed by atoms with E-state index in [1.807, 2.05) is 0 Å². The number of nitrogens with zero attached hydrogens (tertiary/aromatic N) is 2. The Labute approximate surface area is 184 Å². The molecule has 1 aromatic carbocycles. The first-order chi connectivity index (χ1) is 14.2. The molecular weight excluding hydrogens is 400 g/mol. The van der Waals surface area contributed by atoms with Gasteiger partial charge in [-0.1, -0.05) is 44.5 Å². The molecule has 0 radical (unpaired) electrons. The summed E-state index contributed by atoms with van der Waals surface area (Å²) < 4.78 is 1.78. The lowest BCUT2D eigenvalue weighted by molar-refractivity contribution is 0.0697. The van der Waals surface area contributed by atoms with Crippen molar-refractivity contribution < 1.29 is 9.90 Å². The highest BCUT2D eigenvalue weighted by atomic mass is 35.5. The fraction of sp³-hybridized carbons (Fsp3) is 0.500. The van der Waals surface area contributed by atoms with E-state index in [0.29, 0.717) is 30.1 Å². The molecule has 30 heavy (non-hydrogen) atoms. The molecule has 3 rings (SSSR count). The third kappa shape index (κ3) is 6.99. The molecule has 0 atom stereocenters. The number of carboxylic acids is 1. The minimum atomic E-state index is -0.939. The van der Waals surface area contributed by atoms with Crippen molar-refractivity contribution in [3.05, 3.63) is 68.1 Å². The molecule has 1 aromatic heterocycles. The van der Waals surface area contributed by atoms with Gasteiger partial charge in [0.05, 0.1) is 16.3 Å². The molecule has 5 nitrogen and oxygen atoms in total. The maximum atomic E-state index is 12.7. The number of aryl methyl sites for hydroxylation is 2. The highest BCUT2D eigenvalue weighted by Gasteiger charge is 2.18. The normalized spacial score (nSPS) is 13.9. The highest BCUT2D eigenvalue weighted by molar-refractivity contribution is 6.31. The number of hydrogen-bond donors (Lipinski definition) is 1. The topological polar surface area (TPSA) is 62.5 Å². The maximum absolute atomic E-state index is 12.7. The number of carboxylic acid groups (broad SMARTS) is 1. The van der Waals surface area contributed by atoms with Gasteiger partial charge in [-0.05, 0) is 69.0 Å². The first-order valence-electron chi connectivity index (χ1n) is 10.6. The largest absolute Gasteiger partial charge is 0.478 e. The summed E-state index contributed by atoms with van der Waals surface area (Å²) in [5, 5.41) is 9.62. The SMILES string of the molecule is CC(C)C.Cc1cc(Cl)c(CN2CCCC2)n(CCc2ccc(C(=O)O)cc2)c1=O. The highest BCUT2D eigenvalue weighted by Crippen LogP contribution is 2.20. The number of carbonyl (C=O) groups is 1. The van der Waals surface area contributed by atoms with Crippen molar-refractivity contribution in [1.29, 1.82) is 0 Å². The third-order valence-corrected chi connectivity index (χ3v) is 5.25. The lowest BCUT2D eigenvalue weighted by Crippen LogP contribution is -2.30. The van der Waals surface area contributed by atoms with Crippen LogP contribution in [0.2, 0.25) is 5.02 Å². The van der Waals surface area contributed by atoms with Crippen LogP contribution in [-0.2, 0) is 19.5 Å². The number of hydrogen-bond acceptors (Lipinski definition) is 3. The van der Waals surface area contributed by atoms with Gasteiger partial charge in [0.25, 0.3) is 5.56 Å². The van der Waals surface area contributed by atoms with Gasteiger partial charge < -0.3 is 9.67 Å². The van der Waals surface area contributed by atoms with Crippen LogP contribution < -0.4 is 5.56 Å². The molecule has 164 valence electrons. The summed E-state index contributed by atoms with van der Waals surface area (Å²) in [5.74, 6) is -0.105. The third-order valence-electron chi connectivity index (χ3n) is 4.92. The Kier molecular flexibility index (Phi) is 9.12. The predicted molar refractivity (Wildman–Crippen MR) is 123 cm³/mol. The second-order valence-electron chi connectivity index (χ2n) is 8.55. The van der Waals surface area contributed by atoms with E-state index < -0.39 is 5.97 Å². The van der Waals surface area contributed by atoms with Crippen LogP contribution in [0, 0.1) is 12.8 Å². The van der Waals surface area contributed by atoms with Crippen molar-refractivity contribution in [2.75, 3.05) is 13.1 Å². The number of aromatic nitrogens is 1. The smallest absolute Gasteiger partial charge is 0.335 e. The van der Waals surface area contributed by atoms with E-state index in [2.05, 4.69) is 25.7 Å². The lowest BCUT2D eigenvalue weighted by atomic mass is 10.1. The van der Waals surface area contributed by atoms with Crippen LogP contribution in [-0.4, -0.2) is 33.6 Å². The van der Waals surface area contributed by atoms with Crippen LogP contribution in [0.25, 0.3) is 0 Å². The van der Waals surface area contributed by atoms with Gasteiger partial charge >= 0.3 is 5.97 Å². The summed E-state index contributed by atoms with van der Waals surface area (Å²) in [6.07, 6.45) is 3.01. The molecule has 0 unspecified atom stereocenters. The van der Waals surface area contributed by atoms with Gasteiger partial charge in [0, 0.05) is 18.7 Å². The van der Waals surface area contributed by atoms with Gasteiger partial charge in [-0.15, -0.1) is 0 Å². The van der Waals surface area contributed by atoms with E-state index in [4.69, 9.17) is 16.7 Å². The van der Waals surface area contributed by atoms with Crippen LogP contribution in [0.15, 0.2) is 35.1 Å².